The molecule has 1 unspecified atom stereocenters. The van der Waals surface area contributed by atoms with Crippen LogP contribution in [-0.4, -0.2) is 22.8 Å². The van der Waals surface area contributed by atoms with Crippen molar-refractivity contribution in [2.75, 3.05) is 7.11 Å². The third-order valence-corrected chi connectivity index (χ3v) is 2.79. The lowest BCUT2D eigenvalue weighted by Crippen LogP contribution is -2.14. The average molecular weight is 219 g/mol. The van der Waals surface area contributed by atoms with Gasteiger partial charge in [0.05, 0.1) is 6.10 Å². The number of aromatic nitrogens is 2. The van der Waals surface area contributed by atoms with E-state index in [2.05, 4.69) is 21.8 Å². The molecule has 2 N–H and O–H groups in total. The summed E-state index contributed by atoms with van der Waals surface area (Å²) >= 11 is 0. The number of methoxy groups -OCH3 is 1. The molecule has 0 amide bonds. The second-order valence-corrected chi connectivity index (χ2v) is 3.93. The van der Waals surface area contributed by atoms with Crippen molar-refractivity contribution < 1.29 is 4.74 Å². The first-order valence-electron chi connectivity index (χ1n) is 5.42. The van der Waals surface area contributed by atoms with Crippen molar-refractivity contribution in [2.24, 2.45) is 5.73 Å². The van der Waals surface area contributed by atoms with Crippen LogP contribution in [0.5, 0.6) is 0 Å². The number of fused-ring (bicyclic) bond motifs is 1. The lowest BCUT2D eigenvalue weighted by molar-refractivity contribution is 0.104. The van der Waals surface area contributed by atoms with Gasteiger partial charge in [0.2, 0.25) is 0 Å². The van der Waals surface area contributed by atoms with Crippen molar-refractivity contribution in [3.63, 3.8) is 0 Å². The Labute approximate surface area is 95.0 Å². The highest BCUT2D eigenvalue weighted by molar-refractivity contribution is 5.80. The monoisotopic (exact) mass is 219 g/mol. The molecule has 0 aliphatic heterocycles. The summed E-state index contributed by atoms with van der Waals surface area (Å²) in [6.07, 6.45) is 4.03. The highest BCUT2D eigenvalue weighted by Gasteiger charge is 2.09. The van der Waals surface area contributed by atoms with E-state index in [1.807, 2.05) is 13.0 Å². The summed E-state index contributed by atoms with van der Waals surface area (Å²) < 4.78 is 7.37. The summed E-state index contributed by atoms with van der Waals surface area (Å²) in [5, 5.41) is 1.13. The average Bonchev–Trinajstić information content (AvgIpc) is 2.68. The number of rotatable bonds is 4. The molecule has 4 heteroatoms. The number of pyridine rings is 1. The van der Waals surface area contributed by atoms with Gasteiger partial charge >= 0.3 is 0 Å². The van der Waals surface area contributed by atoms with Crippen molar-refractivity contribution in [1.29, 1.82) is 0 Å². The van der Waals surface area contributed by atoms with Crippen LogP contribution in [0.4, 0.5) is 0 Å². The third-order valence-electron chi connectivity index (χ3n) is 2.79. The second-order valence-electron chi connectivity index (χ2n) is 3.93. The summed E-state index contributed by atoms with van der Waals surface area (Å²) in [5.74, 6) is 0. The summed E-state index contributed by atoms with van der Waals surface area (Å²) in [7, 11) is 1.72. The molecule has 2 aromatic heterocycles. The fraction of sp³-hybridized carbons (Fsp3) is 0.417. The summed E-state index contributed by atoms with van der Waals surface area (Å²) in [6.45, 7) is 3.37. The van der Waals surface area contributed by atoms with Crippen LogP contribution in [0.25, 0.3) is 11.0 Å². The maximum atomic E-state index is 5.72. The molecule has 0 aliphatic rings. The molecule has 0 bridgehead atoms. The van der Waals surface area contributed by atoms with Gasteiger partial charge in [0, 0.05) is 38.0 Å². The minimum absolute atomic E-state index is 0.170. The SMILES string of the molecule is COC(C)Cn1cc(CN)c2cccnc21. The summed E-state index contributed by atoms with van der Waals surface area (Å²) in [4.78, 5) is 4.39. The Hall–Kier alpha value is -1.39. The molecular formula is C12H17N3O. The predicted molar refractivity (Wildman–Crippen MR) is 64.1 cm³/mol. The van der Waals surface area contributed by atoms with Crippen LogP contribution in [0, 0.1) is 0 Å². The molecule has 0 saturated carbocycles. The number of ether oxygens (including phenoxy) is 1. The van der Waals surface area contributed by atoms with E-state index < -0.39 is 0 Å². The molecule has 0 radical (unpaired) electrons. The minimum Gasteiger partial charge on any atom is -0.380 e. The van der Waals surface area contributed by atoms with Gasteiger partial charge in [0.15, 0.2) is 0 Å². The van der Waals surface area contributed by atoms with E-state index in [9.17, 15) is 0 Å². The highest BCUT2D eigenvalue weighted by atomic mass is 16.5. The fourth-order valence-electron chi connectivity index (χ4n) is 1.85. The van der Waals surface area contributed by atoms with E-state index in [4.69, 9.17) is 10.5 Å². The Morgan fingerprint density at radius 1 is 1.56 bits per heavy atom. The Balaban J connectivity index is 2.45. The Morgan fingerprint density at radius 3 is 3.06 bits per heavy atom. The quantitative estimate of drug-likeness (QED) is 0.848. The van der Waals surface area contributed by atoms with Gasteiger partial charge in [-0.15, -0.1) is 0 Å². The van der Waals surface area contributed by atoms with Gasteiger partial charge in [-0.25, -0.2) is 4.98 Å². The smallest absolute Gasteiger partial charge is 0.140 e. The van der Waals surface area contributed by atoms with Crippen molar-refractivity contribution in [3.05, 3.63) is 30.1 Å². The van der Waals surface area contributed by atoms with E-state index in [0.29, 0.717) is 6.54 Å². The fourth-order valence-corrected chi connectivity index (χ4v) is 1.85. The predicted octanol–water partition coefficient (Wildman–Crippen LogP) is 1.53. The first-order valence-corrected chi connectivity index (χ1v) is 5.42. The van der Waals surface area contributed by atoms with E-state index in [1.165, 1.54) is 0 Å². The Morgan fingerprint density at radius 2 is 2.38 bits per heavy atom. The topological polar surface area (TPSA) is 53.1 Å². The standard InChI is InChI=1S/C12H17N3O/c1-9(16-2)7-15-8-10(6-13)11-4-3-5-14-12(11)15/h3-5,8-9H,6-7,13H2,1-2H3. The van der Waals surface area contributed by atoms with Crippen LogP contribution in [0.1, 0.15) is 12.5 Å². The Bertz CT molecular complexity index is 478. The molecule has 0 aliphatic carbocycles. The van der Waals surface area contributed by atoms with E-state index in [-0.39, 0.29) is 6.10 Å². The molecule has 1 atom stereocenters. The largest absolute Gasteiger partial charge is 0.380 e. The third kappa shape index (κ3) is 1.94. The van der Waals surface area contributed by atoms with Crippen molar-refractivity contribution in [3.8, 4) is 0 Å². The molecule has 2 rings (SSSR count). The number of hydrogen-bond donors (Lipinski definition) is 1. The molecule has 0 aromatic carbocycles. The van der Waals surface area contributed by atoms with Crippen LogP contribution < -0.4 is 5.73 Å². The first-order chi connectivity index (χ1) is 7.76. The van der Waals surface area contributed by atoms with Crippen LogP contribution in [0.2, 0.25) is 0 Å². The van der Waals surface area contributed by atoms with Crippen molar-refractivity contribution in [2.45, 2.75) is 26.1 Å². The summed E-state index contributed by atoms with van der Waals surface area (Å²) in [6, 6.07) is 3.99. The highest BCUT2D eigenvalue weighted by Crippen LogP contribution is 2.19. The summed E-state index contributed by atoms with van der Waals surface area (Å²) in [5.41, 5.74) is 7.83. The lowest BCUT2D eigenvalue weighted by atomic mass is 10.2. The zero-order valence-corrected chi connectivity index (χ0v) is 9.68. The van der Waals surface area contributed by atoms with Crippen LogP contribution in [0.15, 0.2) is 24.5 Å². The number of nitrogens with zero attached hydrogens (tertiary/aromatic N) is 2. The van der Waals surface area contributed by atoms with Crippen LogP contribution in [-0.2, 0) is 17.8 Å². The van der Waals surface area contributed by atoms with Crippen LogP contribution in [0.3, 0.4) is 0 Å². The zero-order valence-electron chi connectivity index (χ0n) is 9.68. The lowest BCUT2D eigenvalue weighted by Gasteiger charge is -2.10. The molecule has 0 saturated heterocycles. The molecule has 16 heavy (non-hydrogen) atoms. The van der Waals surface area contributed by atoms with Gasteiger partial charge in [0.25, 0.3) is 0 Å². The van der Waals surface area contributed by atoms with Gasteiger partial charge < -0.3 is 15.0 Å². The Kier molecular flexibility index (Phi) is 3.22. The maximum absolute atomic E-state index is 5.72. The van der Waals surface area contributed by atoms with Gasteiger partial charge in [-0.3, -0.25) is 0 Å². The van der Waals surface area contributed by atoms with Gasteiger partial charge in [-0.2, -0.15) is 0 Å². The first kappa shape index (κ1) is 11.1. The normalized spacial score (nSPS) is 13.2. The molecular weight excluding hydrogens is 202 g/mol. The number of nitrogens with two attached hydrogens (primary N) is 1. The molecule has 2 heterocycles. The van der Waals surface area contributed by atoms with E-state index in [1.54, 1.807) is 13.3 Å². The van der Waals surface area contributed by atoms with Gasteiger partial charge in [-0.1, -0.05) is 0 Å². The minimum atomic E-state index is 0.170. The van der Waals surface area contributed by atoms with Crippen molar-refractivity contribution in [1.82, 2.24) is 9.55 Å². The second kappa shape index (κ2) is 4.63. The maximum Gasteiger partial charge on any atom is 0.140 e. The van der Waals surface area contributed by atoms with E-state index >= 15 is 0 Å². The van der Waals surface area contributed by atoms with E-state index in [0.717, 1.165) is 23.1 Å². The van der Waals surface area contributed by atoms with Gasteiger partial charge in [-0.05, 0) is 24.6 Å². The number of hydrogen-bond acceptors (Lipinski definition) is 3. The van der Waals surface area contributed by atoms with Crippen molar-refractivity contribution >= 4 is 11.0 Å². The molecule has 2 aromatic rings. The molecule has 86 valence electrons. The van der Waals surface area contributed by atoms with Gasteiger partial charge in [0.1, 0.15) is 5.65 Å². The zero-order chi connectivity index (χ0) is 11.5. The van der Waals surface area contributed by atoms with Crippen LogP contribution >= 0.6 is 0 Å². The molecule has 0 fully saturated rings. The molecule has 0 spiro atoms. The molecule has 4 nitrogen and oxygen atoms in total.